The summed E-state index contributed by atoms with van der Waals surface area (Å²) in [4.78, 5) is 14.8. The van der Waals surface area contributed by atoms with Crippen molar-refractivity contribution in [2.45, 2.75) is 32.9 Å². The Morgan fingerprint density at radius 2 is 1.95 bits per heavy atom. The Labute approximate surface area is 125 Å². The van der Waals surface area contributed by atoms with Gasteiger partial charge in [0.05, 0.1) is 17.7 Å². The SMILES string of the molecule is CC(C)Oc1ccc(F)cc1C(=O)C(C)N1CCNCC1. The number of Topliss-reactive ketones (excluding diaryl/α,β-unsaturated/α-hetero) is 1. The van der Waals surface area contributed by atoms with E-state index in [-0.39, 0.29) is 17.9 Å². The van der Waals surface area contributed by atoms with E-state index in [4.69, 9.17) is 4.74 Å². The fraction of sp³-hybridized carbons (Fsp3) is 0.562. The second-order valence-corrected chi connectivity index (χ2v) is 5.63. The molecule has 0 spiro atoms. The van der Waals surface area contributed by atoms with E-state index in [0.717, 1.165) is 26.2 Å². The highest BCUT2D eigenvalue weighted by Crippen LogP contribution is 2.24. The van der Waals surface area contributed by atoms with Crippen LogP contribution in [-0.2, 0) is 0 Å². The van der Waals surface area contributed by atoms with Crippen LogP contribution >= 0.6 is 0 Å². The van der Waals surface area contributed by atoms with Gasteiger partial charge in [-0.1, -0.05) is 0 Å². The van der Waals surface area contributed by atoms with Crippen LogP contribution in [0.25, 0.3) is 0 Å². The van der Waals surface area contributed by atoms with Crippen LogP contribution in [0.5, 0.6) is 5.75 Å². The maximum atomic E-state index is 13.5. The topological polar surface area (TPSA) is 41.6 Å². The van der Waals surface area contributed by atoms with Crippen LogP contribution in [0, 0.1) is 5.82 Å². The molecule has 1 aliphatic heterocycles. The van der Waals surface area contributed by atoms with Crippen molar-refractivity contribution >= 4 is 5.78 Å². The zero-order chi connectivity index (χ0) is 15.4. The van der Waals surface area contributed by atoms with Crippen molar-refractivity contribution in [2.75, 3.05) is 26.2 Å². The average Bonchev–Trinajstić information content (AvgIpc) is 2.48. The van der Waals surface area contributed by atoms with Gasteiger partial charge >= 0.3 is 0 Å². The van der Waals surface area contributed by atoms with E-state index in [0.29, 0.717) is 11.3 Å². The van der Waals surface area contributed by atoms with Gasteiger partial charge in [-0.2, -0.15) is 0 Å². The van der Waals surface area contributed by atoms with Crippen LogP contribution in [0.2, 0.25) is 0 Å². The minimum atomic E-state index is -0.415. The Bertz CT molecular complexity index is 499. The molecule has 1 N–H and O–H groups in total. The summed E-state index contributed by atoms with van der Waals surface area (Å²) < 4.78 is 19.2. The molecule has 1 aliphatic rings. The predicted molar refractivity (Wildman–Crippen MR) is 80.4 cm³/mol. The molecule has 4 nitrogen and oxygen atoms in total. The van der Waals surface area contributed by atoms with Crippen molar-refractivity contribution in [3.63, 3.8) is 0 Å². The molecule has 1 aromatic rings. The van der Waals surface area contributed by atoms with E-state index < -0.39 is 5.82 Å². The first kappa shape index (κ1) is 15.9. The number of benzene rings is 1. The van der Waals surface area contributed by atoms with Crippen LogP contribution in [-0.4, -0.2) is 49.0 Å². The van der Waals surface area contributed by atoms with Gasteiger partial charge in [0.1, 0.15) is 11.6 Å². The number of nitrogens with one attached hydrogen (secondary N) is 1. The third-order valence-electron chi connectivity index (χ3n) is 3.65. The van der Waals surface area contributed by atoms with Gasteiger partial charge in [-0.05, 0) is 39.0 Å². The highest BCUT2D eigenvalue weighted by atomic mass is 19.1. The van der Waals surface area contributed by atoms with Crippen LogP contribution in [0.1, 0.15) is 31.1 Å². The highest BCUT2D eigenvalue weighted by Gasteiger charge is 2.26. The summed E-state index contributed by atoms with van der Waals surface area (Å²) in [5.74, 6) is -0.0487. The summed E-state index contributed by atoms with van der Waals surface area (Å²) in [6.07, 6.45) is -0.0588. The maximum absolute atomic E-state index is 13.5. The van der Waals surface area contributed by atoms with Crippen molar-refractivity contribution in [3.05, 3.63) is 29.6 Å². The molecule has 2 rings (SSSR count). The van der Waals surface area contributed by atoms with Gasteiger partial charge in [-0.15, -0.1) is 0 Å². The Hall–Kier alpha value is -1.46. The second kappa shape index (κ2) is 7.00. The quantitative estimate of drug-likeness (QED) is 0.844. The number of ketones is 1. The molecule has 116 valence electrons. The van der Waals surface area contributed by atoms with Crippen LogP contribution in [0.4, 0.5) is 4.39 Å². The van der Waals surface area contributed by atoms with Crippen molar-refractivity contribution < 1.29 is 13.9 Å². The molecule has 1 fully saturated rings. The number of hydrogen-bond donors (Lipinski definition) is 1. The van der Waals surface area contributed by atoms with Gasteiger partial charge in [-0.25, -0.2) is 4.39 Å². The van der Waals surface area contributed by atoms with E-state index in [1.807, 2.05) is 20.8 Å². The maximum Gasteiger partial charge on any atom is 0.183 e. The van der Waals surface area contributed by atoms with Gasteiger partial charge < -0.3 is 10.1 Å². The molecule has 0 bridgehead atoms. The van der Waals surface area contributed by atoms with E-state index in [2.05, 4.69) is 10.2 Å². The minimum Gasteiger partial charge on any atom is -0.490 e. The lowest BCUT2D eigenvalue weighted by Crippen LogP contribution is -2.50. The largest absolute Gasteiger partial charge is 0.490 e. The van der Waals surface area contributed by atoms with Crippen LogP contribution in [0.3, 0.4) is 0 Å². The molecule has 0 amide bonds. The molecule has 1 atom stereocenters. The summed E-state index contributed by atoms with van der Waals surface area (Å²) in [7, 11) is 0. The highest BCUT2D eigenvalue weighted by molar-refractivity contribution is 6.02. The molecule has 5 heteroatoms. The number of piperazine rings is 1. The standard InChI is InChI=1S/C16H23FN2O2/c1-11(2)21-15-5-4-13(17)10-14(15)16(20)12(3)19-8-6-18-7-9-19/h4-5,10-12,18H,6-9H2,1-3H3. The predicted octanol–water partition coefficient (Wildman–Crippen LogP) is 2.09. The fourth-order valence-corrected chi connectivity index (χ4v) is 2.51. The number of halogens is 1. The number of carbonyl (C=O) groups excluding carboxylic acids is 1. The number of nitrogens with zero attached hydrogens (tertiary/aromatic N) is 1. The molecule has 1 aromatic carbocycles. The summed E-state index contributed by atoms with van der Waals surface area (Å²) in [6, 6.07) is 3.86. The lowest BCUT2D eigenvalue weighted by molar-refractivity contribution is 0.0814. The molecule has 0 saturated carbocycles. The summed E-state index contributed by atoms with van der Waals surface area (Å²) in [5, 5.41) is 3.26. The first-order valence-electron chi connectivity index (χ1n) is 7.44. The first-order chi connectivity index (χ1) is 9.99. The van der Waals surface area contributed by atoms with E-state index in [1.54, 1.807) is 0 Å². The van der Waals surface area contributed by atoms with Gasteiger partial charge in [0.2, 0.25) is 0 Å². The molecular formula is C16H23FN2O2. The van der Waals surface area contributed by atoms with E-state index in [1.165, 1.54) is 18.2 Å². The Morgan fingerprint density at radius 3 is 2.57 bits per heavy atom. The lowest BCUT2D eigenvalue weighted by atomic mass is 10.0. The zero-order valence-electron chi connectivity index (χ0n) is 12.9. The van der Waals surface area contributed by atoms with Gasteiger partial charge in [0, 0.05) is 26.2 Å². The second-order valence-electron chi connectivity index (χ2n) is 5.63. The molecule has 1 heterocycles. The number of ether oxygens (including phenoxy) is 1. The summed E-state index contributed by atoms with van der Waals surface area (Å²) >= 11 is 0. The molecule has 1 unspecified atom stereocenters. The summed E-state index contributed by atoms with van der Waals surface area (Å²) in [5.41, 5.74) is 0.328. The average molecular weight is 294 g/mol. The molecule has 0 radical (unpaired) electrons. The van der Waals surface area contributed by atoms with E-state index >= 15 is 0 Å². The number of rotatable bonds is 5. The van der Waals surface area contributed by atoms with Gasteiger partial charge in [-0.3, -0.25) is 9.69 Å². The fourth-order valence-electron chi connectivity index (χ4n) is 2.51. The lowest BCUT2D eigenvalue weighted by Gasteiger charge is -2.32. The van der Waals surface area contributed by atoms with Gasteiger partial charge in [0.25, 0.3) is 0 Å². The Balaban J connectivity index is 2.22. The van der Waals surface area contributed by atoms with E-state index in [9.17, 15) is 9.18 Å². The molecule has 0 aliphatic carbocycles. The number of carbonyl (C=O) groups is 1. The molecule has 1 saturated heterocycles. The first-order valence-corrected chi connectivity index (χ1v) is 7.44. The van der Waals surface area contributed by atoms with Crippen molar-refractivity contribution in [1.82, 2.24) is 10.2 Å². The van der Waals surface area contributed by atoms with Crippen LogP contribution in [0.15, 0.2) is 18.2 Å². The van der Waals surface area contributed by atoms with Crippen molar-refractivity contribution in [2.24, 2.45) is 0 Å². The number of hydrogen-bond acceptors (Lipinski definition) is 4. The third kappa shape index (κ3) is 4.02. The normalized spacial score (nSPS) is 17.8. The smallest absolute Gasteiger partial charge is 0.183 e. The minimum absolute atomic E-state index is 0.0588. The van der Waals surface area contributed by atoms with Gasteiger partial charge in [0.15, 0.2) is 5.78 Å². The third-order valence-corrected chi connectivity index (χ3v) is 3.65. The summed E-state index contributed by atoms with van der Waals surface area (Å²) in [6.45, 7) is 9.03. The molecular weight excluding hydrogens is 271 g/mol. The molecule has 0 aromatic heterocycles. The van der Waals surface area contributed by atoms with Crippen molar-refractivity contribution in [3.8, 4) is 5.75 Å². The van der Waals surface area contributed by atoms with Crippen molar-refractivity contribution in [1.29, 1.82) is 0 Å². The Kier molecular flexibility index (Phi) is 5.31. The zero-order valence-corrected chi connectivity index (χ0v) is 12.9. The molecule has 21 heavy (non-hydrogen) atoms. The Morgan fingerprint density at radius 1 is 1.29 bits per heavy atom. The monoisotopic (exact) mass is 294 g/mol. The van der Waals surface area contributed by atoms with Crippen LogP contribution < -0.4 is 10.1 Å².